The standard InChI is InChI=1S/C15H23/c1-3-5-7-9-11-13-15-14-12-10-8-6-4-2/h5,7-11,14-15H,1,3-4,6,12-13H2,2H3. The molecule has 0 aliphatic carbocycles. The highest BCUT2D eigenvalue weighted by atomic mass is 13.8. The molecule has 0 aliphatic rings. The van der Waals surface area contributed by atoms with E-state index in [0.717, 1.165) is 19.3 Å². The molecule has 0 heteroatoms. The first-order valence-corrected chi connectivity index (χ1v) is 5.82. The predicted molar refractivity (Wildman–Crippen MR) is 70.7 cm³/mol. The molecule has 0 aromatic carbocycles. The molecule has 0 aromatic heterocycles. The Morgan fingerprint density at radius 3 is 2.07 bits per heavy atom. The Bertz CT molecular complexity index is 216. The fourth-order valence-electron chi connectivity index (χ4n) is 1.06. The van der Waals surface area contributed by atoms with Crippen LogP contribution in [0.15, 0.2) is 48.6 Å². The zero-order valence-electron chi connectivity index (χ0n) is 9.86. The predicted octanol–water partition coefficient (Wildman–Crippen LogP) is 5.02. The van der Waals surface area contributed by atoms with Gasteiger partial charge in [-0.1, -0.05) is 62.0 Å². The summed E-state index contributed by atoms with van der Waals surface area (Å²) in [7, 11) is 0. The molecule has 0 saturated heterocycles. The fourth-order valence-corrected chi connectivity index (χ4v) is 1.06. The molecule has 0 aromatic rings. The third kappa shape index (κ3) is 13.0. The van der Waals surface area contributed by atoms with Gasteiger partial charge in [-0.15, -0.1) is 0 Å². The van der Waals surface area contributed by atoms with Gasteiger partial charge in [-0.3, -0.25) is 0 Å². The molecule has 0 unspecified atom stereocenters. The van der Waals surface area contributed by atoms with Crippen LogP contribution < -0.4 is 0 Å². The Morgan fingerprint density at radius 1 is 0.800 bits per heavy atom. The molecule has 83 valence electrons. The molecule has 1 radical (unpaired) electrons. The normalized spacial score (nSPS) is 12.9. The lowest BCUT2D eigenvalue weighted by Crippen LogP contribution is -1.63. The topological polar surface area (TPSA) is 0 Å². The lowest BCUT2D eigenvalue weighted by molar-refractivity contribution is 0.954. The molecule has 0 rings (SSSR count). The van der Waals surface area contributed by atoms with E-state index in [0.29, 0.717) is 0 Å². The Balaban J connectivity index is 3.38. The van der Waals surface area contributed by atoms with Gasteiger partial charge in [0.1, 0.15) is 0 Å². The molecule has 0 fully saturated rings. The molecule has 0 heterocycles. The lowest BCUT2D eigenvalue weighted by Gasteiger charge is -1.84. The highest BCUT2D eigenvalue weighted by Crippen LogP contribution is 1.94. The minimum absolute atomic E-state index is 0.863. The summed E-state index contributed by atoms with van der Waals surface area (Å²) >= 11 is 0. The minimum Gasteiger partial charge on any atom is -0.0882 e. The molecule has 0 N–H and O–H groups in total. The molecule has 0 bridgehead atoms. The van der Waals surface area contributed by atoms with E-state index in [1.807, 2.05) is 12.2 Å². The maximum atomic E-state index is 3.73. The van der Waals surface area contributed by atoms with Crippen molar-refractivity contribution in [2.75, 3.05) is 0 Å². The summed E-state index contributed by atoms with van der Waals surface area (Å²) in [6.45, 7) is 5.92. The molecule has 0 atom stereocenters. The Hall–Kier alpha value is -1.04. The highest BCUT2D eigenvalue weighted by Gasteiger charge is 1.73. The van der Waals surface area contributed by atoms with Crippen LogP contribution in [0.3, 0.4) is 0 Å². The van der Waals surface area contributed by atoms with Crippen molar-refractivity contribution in [3.63, 3.8) is 0 Å². The third-order valence-electron chi connectivity index (χ3n) is 1.88. The van der Waals surface area contributed by atoms with Crippen LogP contribution in [0.25, 0.3) is 0 Å². The van der Waals surface area contributed by atoms with Crippen molar-refractivity contribution in [1.82, 2.24) is 0 Å². The first-order chi connectivity index (χ1) is 7.41. The maximum absolute atomic E-state index is 3.73. The number of hydrogen-bond donors (Lipinski definition) is 0. The van der Waals surface area contributed by atoms with Crippen LogP contribution in [-0.2, 0) is 0 Å². The SMILES string of the molecule is [CH2]CC=CC=CCC=CCC=CCCC. The fraction of sp³-hybridized carbons (Fsp3) is 0.400. The van der Waals surface area contributed by atoms with Crippen molar-refractivity contribution < 1.29 is 0 Å². The smallest absolute Gasteiger partial charge is 0.0166 e. The quantitative estimate of drug-likeness (QED) is 0.384. The van der Waals surface area contributed by atoms with E-state index in [2.05, 4.69) is 50.3 Å². The Morgan fingerprint density at radius 2 is 1.40 bits per heavy atom. The summed E-state index contributed by atoms with van der Waals surface area (Å²) in [4.78, 5) is 0. The molecule has 0 amide bonds. The maximum Gasteiger partial charge on any atom is -0.0166 e. The lowest BCUT2D eigenvalue weighted by atomic mass is 10.2. The summed E-state index contributed by atoms with van der Waals surface area (Å²) in [5, 5.41) is 0. The molecular weight excluding hydrogens is 180 g/mol. The summed E-state index contributed by atoms with van der Waals surface area (Å²) < 4.78 is 0. The Kier molecular flexibility index (Phi) is 12.1. The van der Waals surface area contributed by atoms with Crippen LogP contribution in [0.1, 0.15) is 39.0 Å². The van der Waals surface area contributed by atoms with Gasteiger partial charge >= 0.3 is 0 Å². The van der Waals surface area contributed by atoms with E-state index in [9.17, 15) is 0 Å². The van der Waals surface area contributed by atoms with Gasteiger partial charge in [0.15, 0.2) is 0 Å². The minimum atomic E-state index is 0.863. The van der Waals surface area contributed by atoms with Crippen LogP contribution in [0.4, 0.5) is 0 Å². The number of rotatable bonds is 8. The summed E-state index contributed by atoms with van der Waals surface area (Å²) in [5.74, 6) is 0. The van der Waals surface area contributed by atoms with Gasteiger partial charge in [-0.2, -0.15) is 0 Å². The molecular formula is C15H23. The van der Waals surface area contributed by atoms with Crippen molar-refractivity contribution in [3.8, 4) is 0 Å². The second kappa shape index (κ2) is 13.0. The highest BCUT2D eigenvalue weighted by molar-refractivity contribution is 5.05. The summed E-state index contributed by atoms with van der Waals surface area (Å²) in [5.41, 5.74) is 0. The summed E-state index contributed by atoms with van der Waals surface area (Å²) in [6.07, 6.45) is 22.6. The molecule has 0 saturated carbocycles. The summed E-state index contributed by atoms with van der Waals surface area (Å²) in [6, 6.07) is 0. The van der Waals surface area contributed by atoms with Gasteiger partial charge in [0.2, 0.25) is 0 Å². The van der Waals surface area contributed by atoms with Crippen LogP contribution in [0.2, 0.25) is 0 Å². The van der Waals surface area contributed by atoms with E-state index in [4.69, 9.17) is 0 Å². The first-order valence-electron chi connectivity index (χ1n) is 5.82. The average molecular weight is 203 g/mol. The third-order valence-corrected chi connectivity index (χ3v) is 1.88. The molecule has 15 heavy (non-hydrogen) atoms. The number of hydrogen-bond acceptors (Lipinski definition) is 0. The first kappa shape index (κ1) is 14.0. The molecule has 0 aliphatic heterocycles. The van der Waals surface area contributed by atoms with Crippen molar-refractivity contribution >= 4 is 0 Å². The van der Waals surface area contributed by atoms with Gasteiger partial charge in [0.05, 0.1) is 0 Å². The van der Waals surface area contributed by atoms with Crippen LogP contribution >= 0.6 is 0 Å². The molecule has 0 nitrogen and oxygen atoms in total. The average Bonchev–Trinajstić information content (AvgIpc) is 2.26. The zero-order chi connectivity index (χ0) is 11.2. The van der Waals surface area contributed by atoms with Gasteiger partial charge in [0.25, 0.3) is 0 Å². The van der Waals surface area contributed by atoms with Gasteiger partial charge in [0, 0.05) is 0 Å². The van der Waals surface area contributed by atoms with Crippen LogP contribution in [0.5, 0.6) is 0 Å². The Labute approximate surface area is 95.1 Å². The van der Waals surface area contributed by atoms with Crippen molar-refractivity contribution in [3.05, 3.63) is 55.5 Å². The molecule has 0 spiro atoms. The van der Waals surface area contributed by atoms with Crippen molar-refractivity contribution in [2.24, 2.45) is 0 Å². The van der Waals surface area contributed by atoms with Gasteiger partial charge in [-0.25, -0.2) is 0 Å². The van der Waals surface area contributed by atoms with Crippen molar-refractivity contribution in [2.45, 2.75) is 39.0 Å². The van der Waals surface area contributed by atoms with Crippen molar-refractivity contribution in [1.29, 1.82) is 0 Å². The van der Waals surface area contributed by atoms with Gasteiger partial charge in [-0.05, 0) is 32.6 Å². The zero-order valence-corrected chi connectivity index (χ0v) is 9.86. The second-order valence-electron chi connectivity index (χ2n) is 3.35. The van der Waals surface area contributed by atoms with E-state index in [-0.39, 0.29) is 0 Å². The second-order valence-corrected chi connectivity index (χ2v) is 3.35. The van der Waals surface area contributed by atoms with E-state index >= 15 is 0 Å². The monoisotopic (exact) mass is 203 g/mol. The largest absolute Gasteiger partial charge is 0.0882 e. The number of allylic oxidation sites excluding steroid dienone is 8. The van der Waals surface area contributed by atoms with E-state index in [1.54, 1.807) is 0 Å². The van der Waals surface area contributed by atoms with Gasteiger partial charge < -0.3 is 0 Å². The van der Waals surface area contributed by atoms with E-state index < -0.39 is 0 Å². The van der Waals surface area contributed by atoms with E-state index in [1.165, 1.54) is 12.8 Å². The van der Waals surface area contributed by atoms with Crippen LogP contribution in [-0.4, -0.2) is 0 Å². The van der Waals surface area contributed by atoms with Crippen LogP contribution in [0, 0.1) is 6.92 Å². The number of unbranched alkanes of at least 4 members (excludes halogenated alkanes) is 1.